The second-order valence-electron chi connectivity index (χ2n) is 9.13. The minimum atomic E-state index is -4.29. The van der Waals surface area contributed by atoms with Crippen LogP contribution < -0.4 is 0 Å². The SMILES string of the molecule is CC(C)(C)c1cc(C(C)(C)C)c(S(=O)(=O)O)c(C(C)(C)C)c1.[NaH]. The van der Waals surface area contributed by atoms with Gasteiger partial charge < -0.3 is 0 Å². The third-order valence-corrected chi connectivity index (χ3v) is 4.78. The molecule has 0 aliphatic carbocycles. The van der Waals surface area contributed by atoms with Gasteiger partial charge in [-0.15, -0.1) is 0 Å². The molecule has 0 saturated carbocycles. The standard InChI is InChI=1S/C18H30O3S.Na.H/c1-16(2,3)12-10-13(17(4,5)6)15(22(19,20)21)14(11-12)18(7,8)9;;/h10-11H,1-9H3,(H,19,20,21);;. The summed E-state index contributed by atoms with van der Waals surface area (Å²) in [6, 6.07) is 3.86. The number of hydrogen-bond donors (Lipinski definition) is 1. The van der Waals surface area contributed by atoms with Gasteiger partial charge in [-0.3, -0.25) is 4.55 Å². The molecule has 0 heterocycles. The van der Waals surface area contributed by atoms with Gasteiger partial charge in [0.15, 0.2) is 0 Å². The van der Waals surface area contributed by atoms with Crippen LogP contribution in [0.4, 0.5) is 0 Å². The maximum atomic E-state index is 12.1. The van der Waals surface area contributed by atoms with Crippen LogP contribution in [0.15, 0.2) is 17.0 Å². The minimum absolute atomic E-state index is 0. The van der Waals surface area contributed by atoms with Crippen LogP contribution in [-0.2, 0) is 26.4 Å². The molecule has 128 valence electrons. The van der Waals surface area contributed by atoms with E-state index in [9.17, 15) is 13.0 Å². The van der Waals surface area contributed by atoms with E-state index in [0.717, 1.165) is 5.56 Å². The van der Waals surface area contributed by atoms with Crippen LogP contribution >= 0.6 is 0 Å². The Morgan fingerprint density at radius 1 is 0.739 bits per heavy atom. The first-order valence-electron chi connectivity index (χ1n) is 7.62. The Labute approximate surface area is 164 Å². The summed E-state index contributed by atoms with van der Waals surface area (Å²) in [5.41, 5.74) is 1.56. The molecular weight excluding hydrogens is 319 g/mol. The van der Waals surface area contributed by atoms with E-state index in [1.807, 2.05) is 53.7 Å². The number of hydrogen-bond acceptors (Lipinski definition) is 2. The van der Waals surface area contributed by atoms with Crippen molar-refractivity contribution in [2.45, 2.75) is 83.5 Å². The molecule has 3 nitrogen and oxygen atoms in total. The first-order valence-corrected chi connectivity index (χ1v) is 9.06. The van der Waals surface area contributed by atoms with E-state index in [2.05, 4.69) is 20.8 Å². The topological polar surface area (TPSA) is 54.4 Å². The van der Waals surface area contributed by atoms with Crippen molar-refractivity contribution < 1.29 is 13.0 Å². The van der Waals surface area contributed by atoms with Crippen molar-refractivity contribution in [3.63, 3.8) is 0 Å². The van der Waals surface area contributed by atoms with Crippen molar-refractivity contribution in [3.8, 4) is 0 Å². The summed E-state index contributed by atoms with van der Waals surface area (Å²) >= 11 is 0. The summed E-state index contributed by atoms with van der Waals surface area (Å²) in [4.78, 5) is 0.0699. The molecule has 0 saturated heterocycles. The monoisotopic (exact) mass is 350 g/mol. The van der Waals surface area contributed by atoms with Crippen LogP contribution in [0.2, 0.25) is 0 Å². The summed E-state index contributed by atoms with van der Waals surface area (Å²) in [7, 11) is -4.29. The first-order chi connectivity index (χ1) is 9.45. The second kappa shape index (κ2) is 6.80. The van der Waals surface area contributed by atoms with Gasteiger partial charge >= 0.3 is 29.6 Å². The number of benzene rings is 1. The first kappa shape index (κ1) is 23.1. The summed E-state index contributed by atoms with van der Waals surface area (Å²) in [6.45, 7) is 18.1. The Bertz CT molecular complexity index is 635. The van der Waals surface area contributed by atoms with Gasteiger partial charge in [-0.05, 0) is 32.9 Å². The third-order valence-electron chi connectivity index (χ3n) is 3.83. The van der Waals surface area contributed by atoms with Crippen molar-refractivity contribution in [1.82, 2.24) is 0 Å². The molecule has 0 radical (unpaired) electrons. The molecule has 0 unspecified atom stereocenters. The molecule has 0 atom stereocenters. The predicted octanol–water partition coefficient (Wildman–Crippen LogP) is 4.18. The van der Waals surface area contributed by atoms with Gasteiger partial charge in [0.05, 0.1) is 0 Å². The second-order valence-corrected chi connectivity index (χ2v) is 10.5. The molecule has 1 rings (SSSR count). The van der Waals surface area contributed by atoms with Gasteiger partial charge in [-0.2, -0.15) is 8.42 Å². The van der Waals surface area contributed by atoms with Gasteiger partial charge in [0.25, 0.3) is 10.1 Å². The number of rotatable bonds is 1. The zero-order valence-electron chi connectivity index (χ0n) is 15.3. The summed E-state index contributed by atoms with van der Waals surface area (Å²) < 4.78 is 34.0. The van der Waals surface area contributed by atoms with E-state index >= 15 is 0 Å². The molecule has 1 N–H and O–H groups in total. The normalized spacial score (nSPS) is 13.7. The average Bonchev–Trinajstić information content (AvgIpc) is 2.22. The van der Waals surface area contributed by atoms with Crippen LogP contribution in [0.25, 0.3) is 0 Å². The van der Waals surface area contributed by atoms with Crippen molar-refractivity contribution in [2.24, 2.45) is 0 Å². The van der Waals surface area contributed by atoms with E-state index in [1.165, 1.54) is 0 Å². The molecule has 0 aliphatic heterocycles. The van der Waals surface area contributed by atoms with E-state index in [0.29, 0.717) is 11.1 Å². The quantitative estimate of drug-likeness (QED) is 0.611. The van der Waals surface area contributed by atoms with E-state index in [1.54, 1.807) is 0 Å². The van der Waals surface area contributed by atoms with Crippen LogP contribution in [0.3, 0.4) is 0 Å². The zero-order chi connectivity index (χ0) is 17.7. The van der Waals surface area contributed by atoms with Crippen molar-refractivity contribution in [1.29, 1.82) is 0 Å². The molecule has 0 bridgehead atoms. The fraction of sp³-hybridized carbons (Fsp3) is 0.667. The molecular formula is C18H31NaO3S. The van der Waals surface area contributed by atoms with Gasteiger partial charge in [0, 0.05) is 0 Å². The van der Waals surface area contributed by atoms with E-state index in [4.69, 9.17) is 0 Å². The van der Waals surface area contributed by atoms with Crippen LogP contribution in [0.1, 0.15) is 79.0 Å². The molecule has 23 heavy (non-hydrogen) atoms. The average molecular weight is 351 g/mol. The van der Waals surface area contributed by atoms with Gasteiger partial charge in [-0.25, -0.2) is 0 Å². The molecule has 1 aromatic carbocycles. The van der Waals surface area contributed by atoms with Crippen molar-refractivity contribution >= 4 is 39.7 Å². The van der Waals surface area contributed by atoms with Gasteiger partial charge in [0.1, 0.15) is 4.90 Å². The predicted molar refractivity (Wildman–Crippen MR) is 99.5 cm³/mol. The molecule has 0 aromatic heterocycles. The Balaban J connectivity index is 0.00000484. The van der Waals surface area contributed by atoms with E-state index < -0.39 is 10.1 Å². The molecule has 0 amide bonds. The van der Waals surface area contributed by atoms with Crippen molar-refractivity contribution in [2.75, 3.05) is 0 Å². The molecule has 0 spiro atoms. The Kier molecular flexibility index (Phi) is 6.83. The summed E-state index contributed by atoms with van der Waals surface area (Å²) in [5, 5.41) is 0. The fourth-order valence-corrected chi connectivity index (χ4v) is 3.74. The summed E-state index contributed by atoms with van der Waals surface area (Å²) in [6.07, 6.45) is 0. The van der Waals surface area contributed by atoms with Crippen molar-refractivity contribution in [3.05, 3.63) is 28.8 Å². The summed E-state index contributed by atoms with van der Waals surface area (Å²) in [5.74, 6) is 0. The molecule has 0 fully saturated rings. The van der Waals surface area contributed by atoms with Gasteiger partial charge in [-0.1, -0.05) is 74.4 Å². The Morgan fingerprint density at radius 2 is 1.04 bits per heavy atom. The third kappa shape index (κ3) is 5.57. The molecule has 5 heteroatoms. The Morgan fingerprint density at radius 3 is 1.22 bits per heavy atom. The van der Waals surface area contributed by atoms with E-state index in [-0.39, 0.29) is 50.7 Å². The van der Waals surface area contributed by atoms with Crippen LogP contribution in [0, 0.1) is 0 Å². The van der Waals surface area contributed by atoms with Crippen LogP contribution in [-0.4, -0.2) is 42.5 Å². The van der Waals surface area contributed by atoms with Gasteiger partial charge in [0.2, 0.25) is 0 Å². The molecule has 1 aromatic rings. The zero-order valence-corrected chi connectivity index (χ0v) is 16.1. The fourth-order valence-electron chi connectivity index (χ4n) is 2.45. The Hall–Kier alpha value is 0.130. The molecule has 0 aliphatic rings. The maximum absolute atomic E-state index is 12.1. The van der Waals surface area contributed by atoms with Crippen LogP contribution in [0.5, 0.6) is 0 Å².